The minimum atomic E-state index is -0.705. The Bertz CT molecular complexity index is 1460. The van der Waals surface area contributed by atoms with E-state index < -0.39 is 12.1 Å². The van der Waals surface area contributed by atoms with Crippen LogP contribution in [0.2, 0.25) is 5.02 Å². The van der Waals surface area contributed by atoms with Crippen molar-refractivity contribution in [1.29, 1.82) is 0 Å². The average Bonchev–Trinajstić information content (AvgIpc) is 3.60. The highest BCUT2D eigenvalue weighted by Crippen LogP contribution is 2.25. The number of likely N-dealkylation sites (tertiary alicyclic amines) is 1. The zero-order chi connectivity index (χ0) is 29.8. The topological polar surface area (TPSA) is 85.0 Å². The van der Waals surface area contributed by atoms with E-state index in [0.717, 1.165) is 48.3 Å². The monoisotopic (exact) mass is 599 g/mol. The average molecular weight is 600 g/mol. The Hall–Kier alpha value is -3.88. The fourth-order valence-corrected chi connectivity index (χ4v) is 6.50. The van der Waals surface area contributed by atoms with Gasteiger partial charge in [0.05, 0.1) is 11.6 Å². The number of anilines is 1. The van der Waals surface area contributed by atoms with Crippen LogP contribution < -0.4 is 15.5 Å². The zero-order valence-electron chi connectivity index (χ0n) is 24.3. The molecule has 9 heteroatoms. The van der Waals surface area contributed by atoms with Gasteiger partial charge in [0.25, 0.3) is 5.91 Å². The molecule has 2 atom stereocenters. The number of rotatable bonds is 7. The molecule has 2 fully saturated rings. The lowest BCUT2D eigenvalue weighted by Gasteiger charge is -2.38. The number of para-hydroxylation sites is 1. The number of fused-ring (bicyclic) bond motifs is 1. The number of benzene rings is 3. The normalized spacial score (nSPS) is 19.1. The van der Waals surface area contributed by atoms with Crippen LogP contribution >= 0.6 is 11.6 Å². The summed E-state index contributed by atoms with van der Waals surface area (Å²) >= 11 is 6.11. The molecule has 0 saturated carbocycles. The predicted molar refractivity (Wildman–Crippen MR) is 168 cm³/mol. The number of piperazine rings is 1. The number of nitrogens with zero attached hydrogens (tertiary/aromatic N) is 3. The number of amides is 3. The van der Waals surface area contributed by atoms with Crippen LogP contribution in [0, 0.1) is 0 Å². The fraction of sp³-hybridized carbons (Fsp3) is 0.382. The largest absolute Gasteiger partial charge is 0.367 e. The van der Waals surface area contributed by atoms with E-state index in [1.54, 1.807) is 12.1 Å². The first-order valence-electron chi connectivity index (χ1n) is 15.2. The number of hydrogen-bond acceptors (Lipinski definition) is 5. The summed E-state index contributed by atoms with van der Waals surface area (Å²) in [6.45, 7) is 4.46. The number of carbonyl (C=O) groups excluding carboxylic acids is 3. The van der Waals surface area contributed by atoms with Crippen LogP contribution in [0.3, 0.4) is 0 Å². The first-order valence-corrected chi connectivity index (χ1v) is 15.6. The molecule has 3 aliphatic rings. The van der Waals surface area contributed by atoms with Crippen LogP contribution in [0.5, 0.6) is 0 Å². The molecule has 3 amide bonds. The molecule has 0 unspecified atom stereocenters. The Kier molecular flexibility index (Phi) is 8.95. The van der Waals surface area contributed by atoms with Gasteiger partial charge in [-0.2, -0.15) is 0 Å². The van der Waals surface area contributed by atoms with Crippen molar-refractivity contribution < 1.29 is 14.4 Å². The third kappa shape index (κ3) is 6.71. The van der Waals surface area contributed by atoms with E-state index in [0.29, 0.717) is 50.6 Å². The van der Waals surface area contributed by atoms with Crippen molar-refractivity contribution in [2.24, 2.45) is 0 Å². The summed E-state index contributed by atoms with van der Waals surface area (Å²) < 4.78 is 0. The molecule has 224 valence electrons. The van der Waals surface area contributed by atoms with Gasteiger partial charge in [-0.1, -0.05) is 60.1 Å². The molecule has 43 heavy (non-hydrogen) atoms. The molecule has 2 saturated heterocycles. The van der Waals surface area contributed by atoms with Gasteiger partial charge in [-0.05, 0) is 60.2 Å². The van der Waals surface area contributed by atoms with E-state index in [1.165, 1.54) is 5.56 Å². The molecule has 0 aromatic heterocycles. The molecule has 3 aromatic carbocycles. The van der Waals surface area contributed by atoms with Crippen molar-refractivity contribution in [2.75, 3.05) is 44.2 Å². The maximum Gasteiger partial charge on any atom is 0.255 e. The summed E-state index contributed by atoms with van der Waals surface area (Å²) in [6.07, 6.45) is 3.05. The summed E-state index contributed by atoms with van der Waals surface area (Å²) in [5.74, 6) is -0.188. The van der Waals surface area contributed by atoms with Gasteiger partial charge in [0, 0.05) is 62.9 Å². The molecule has 6 rings (SSSR count). The second-order valence-corrected chi connectivity index (χ2v) is 12.1. The van der Waals surface area contributed by atoms with Crippen LogP contribution in [0.4, 0.5) is 5.69 Å². The Labute approximate surface area is 258 Å². The van der Waals surface area contributed by atoms with Gasteiger partial charge in [0.2, 0.25) is 11.8 Å². The summed E-state index contributed by atoms with van der Waals surface area (Å²) in [6, 6.07) is 22.2. The lowest BCUT2D eigenvalue weighted by atomic mass is 9.95. The van der Waals surface area contributed by atoms with Crippen LogP contribution in [0.1, 0.15) is 39.9 Å². The van der Waals surface area contributed by atoms with Crippen molar-refractivity contribution in [3.05, 3.63) is 100 Å². The Morgan fingerprint density at radius 1 is 0.814 bits per heavy atom. The predicted octanol–water partition coefficient (Wildman–Crippen LogP) is 3.67. The van der Waals surface area contributed by atoms with Gasteiger partial charge in [-0.25, -0.2) is 0 Å². The summed E-state index contributed by atoms with van der Waals surface area (Å²) in [5.41, 5.74) is 4.92. The van der Waals surface area contributed by atoms with Crippen molar-refractivity contribution in [2.45, 2.75) is 44.3 Å². The molecular weight excluding hydrogens is 562 g/mol. The third-order valence-corrected chi connectivity index (χ3v) is 9.08. The lowest BCUT2D eigenvalue weighted by Crippen LogP contribution is -2.58. The number of halogens is 1. The quantitative estimate of drug-likeness (QED) is 0.433. The van der Waals surface area contributed by atoms with Gasteiger partial charge in [0.1, 0.15) is 6.04 Å². The molecule has 2 N–H and O–H groups in total. The first-order chi connectivity index (χ1) is 21.0. The van der Waals surface area contributed by atoms with Gasteiger partial charge in [-0.15, -0.1) is 0 Å². The molecule has 0 spiro atoms. The van der Waals surface area contributed by atoms with E-state index in [9.17, 15) is 14.4 Å². The highest BCUT2D eigenvalue weighted by molar-refractivity contribution is 6.30. The van der Waals surface area contributed by atoms with Gasteiger partial charge >= 0.3 is 0 Å². The van der Waals surface area contributed by atoms with E-state index in [2.05, 4.69) is 27.7 Å². The SMILES string of the molecule is O=C(N[C@H](Cc1ccc(Cl)cc1)C(=O)N1CCN(c2ccccc2C(=O)N2CCCC2)CC1)[C@@H]1Cc2ccccc2CN1. The smallest absolute Gasteiger partial charge is 0.255 e. The number of nitrogens with one attached hydrogen (secondary N) is 2. The fourth-order valence-electron chi connectivity index (χ4n) is 6.38. The van der Waals surface area contributed by atoms with E-state index in [4.69, 9.17) is 11.6 Å². The third-order valence-electron chi connectivity index (χ3n) is 8.83. The second-order valence-electron chi connectivity index (χ2n) is 11.6. The van der Waals surface area contributed by atoms with Gasteiger partial charge < -0.3 is 25.3 Å². The molecular formula is C34H38ClN5O3. The zero-order valence-corrected chi connectivity index (χ0v) is 25.1. The van der Waals surface area contributed by atoms with E-state index >= 15 is 0 Å². The minimum Gasteiger partial charge on any atom is -0.367 e. The molecule has 3 aliphatic heterocycles. The van der Waals surface area contributed by atoms with E-state index in [1.807, 2.05) is 58.3 Å². The minimum absolute atomic E-state index is 0.0799. The first kappa shape index (κ1) is 29.2. The number of hydrogen-bond donors (Lipinski definition) is 2. The van der Waals surface area contributed by atoms with E-state index in [-0.39, 0.29) is 17.7 Å². The van der Waals surface area contributed by atoms with Crippen molar-refractivity contribution in [1.82, 2.24) is 20.4 Å². The summed E-state index contributed by atoms with van der Waals surface area (Å²) in [5, 5.41) is 7.05. The van der Waals surface area contributed by atoms with Gasteiger partial charge in [-0.3, -0.25) is 14.4 Å². The van der Waals surface area contributed by atoms with Crippen molar-refractivity contribution >= 4 is 35.0 Å². The Morgan fingerprint density at radius 2 is 1.49 bits per heavy atom. The highest BCUT2D eigenvalue weighted by atomic mass is 35.5. The lowest BCUT2D eigenvalue weighted by molar-refractivity contribution is -0.137. The van der Waals surface area contributed by atoms with Crippen LogP contribution in [-0.4, -0.2) is 78.9 Å². The van der Waals surface area contributed by atoms with Gasteiger partial charge in [0.15, 0.2) is 0 Å². The Morgan fingerprint density at radius 3 is 2.23 bits per heavy atom. The molecule has 3 heterocycles. The highest BCUT2D eigenvalue weighted by Gasteiger charge is 2.33. The van der Waals surface area contributed by atoms with Crippen LogP contribution in [0.25, 0.3) is 0 Å². The van der Waals surface area contributed by atoms with Crippen molar-refractivity contribution in [3.8, 4) is 0 Å². The standard InChI is InChI=1S/C34H38ClN5O3/c35-27-13-11-24(12-14-27)21-30(37-32(41)29-22-25-7-1-2-8-26(25)23-36-29)34(43)40-19-17-38(18-20-40)31-10-4-3-9-28(31)33(42)39-15-5-6-16-39/h1-4,7-14,29-30,36H,5-6,15-23H2,(H,37,41)/t29-,30+/m0/s1. The van der Waals surface area contributed by atoms with Crippen LogP contribution in [0.15, 0.2) is 72.8 Å². The molecule has 3 aromatic rings. The molecule has 8 nitrogen and oxygen atoms in total. The maximum absolute atomic E-state index is 14.0. The Balaban J connectivity index is 1.14. The summed E-state index contributed by atoms with van der Waals surface area (Å²) in [4.78, 5) is 46.7. The van der Waals surface area contributed by atoms with Crippen molar-refractivity contribution in [3.63, 3.8) is 0 Å². The maximum atomic E-state index is 14.0. The molecule has 0 aliphatic carbocycles. The second kappa shape index (κ2) is 13.2. The molecule has 0 bridgehead atoms. The molecule has 0 radical (unpaired) electrons. The number of carbonyl (C=O) groups is 3. The van der Waals surface area contributed by atoms with Crippen LogP contribution in [-0.2, 0) is 29.0 Å². The summed E-state index contributed by atoms with van der Waals surface area (Å²) in [7, 11) is 0.